The highest BCUT2D eigenvalue weighted by atomic mass is 35.5. The fraction of sp³-hybridized carbons (Fsp3) is 1.00. The summed E-state index contributed by atoms with van der Waals surface area (Å²) in [6.07, 6.45) is 2.28. The normalized spacial score (nSPS) is 45.9. The molecular formula is C8H16Cl2N2O. The minimum Gasteiger partial charge on any atom is -0.370 e. The van der Waals surface area contributed by atoms with E-state index in [1.54, 1.807) is 0 Å². The second-order valence-electron chi connectivity index (χ2n) is 3.80. The Morgan fingerprint density at radius 3 is 2.62 bits per heavy atom. The molecule has 78 valence electrons. The minimum absolute atomic E-state index is 0. The molecule has 0 unspecified atom stereocenters. The fourth-order valence-corrected chi connectivity index (χ4v) is 2.94. The number of fused-ring (bicyclic) bond motifs is 1. The van der Waals surface area contributed by atoms with E-state index in [0.29, 0.717) is 24.3 Å². The molecule has 3 fully saturated rings. The summed E-state index contributed by atoms with van der Waals surface area (Å²) in [4.78, 5) is 2.57. The van der Waals surface area contributed by atoms with Gasteiger partial charge in [-0.3, -0.25) is 4.90 Å². The van der Waals surface area contributed by atoms with Crippen molar-refractivity contribution in [2.75, 3.05) is 20.1 Å². The van der Waals surface area contributed by atoms with Crippen molar-refractivity contribution < 1.29 is 4.74 Å². The number of nitrogens with one attached hydrogen (secondary N) is 1. The topological polar surface area (TPSA) is 24.5 Å². The molecule has 0 aliphatic carbocycles. The van der Waals surface area contributed by atoms with Crippen molar-refractivity contribution in [3.63, 3.8) is 0 Å². The Bertz CT molecular complexity index is 179. The van der Waals surface area contributed by atoms with E-state index in [0.717, 1.165) is 6.54 Å². The van der Waals surface area contributed by atoms with Gasteiger partial charge in [0.15, 0.2) is 0 Å². The largest absolute Gasteiger partial charge is 0.370 e. The van der Waals surface area contributed by atoms with E-state index in [9.17, 15) is 0 Å². The molecule has 3 saturated heterocycles. The first kappa shape index (κ1) is 11.5. The SMILES string of the molecule is CN[C@H]1[C@@H]2[C@H]3CCN2C[C@@H]1O3.Cl.Cl. The van der Waals surface area contributed by atoms with Gasteiger partial charge in [0.05, 0.1) is 24.3 Å². The lowest BCUT2D eigenvalue weighted by atomic mass is 10.1. The summed E-state index contributed by atoms with van der Waals surface area (Å²) in [5.74, 6) is 0. The van der Waals surface area contributed by atoms with Gasteiger partial charge in [0.25, 0.3) is 0 Å². The number of hydrogen-bond donors (Lipinski definition) is 1. The van der Waals surface area contributed by atoms with Gasteiger partial charge in [-0.25, -0.2) is 0 Å². The highest BCUT2D eigenvalue weighted by Gasteiger charge is 2.56. The zero-order chi connectivity index (χ0) is 7.42. The summed E-state index contributed by atoms with van der Waals surface area (Å²) in [7, 11) is 2.05. The predicted molar refractivity (Wildman–Crippen MR) is 56.0 cm³/mol. The fourth-order valence-electron chi connectivity index (χ4n) is 2.94. The maximum atomic E-state index is 5.85. The van der Waals surface area contributed by atoms with Gasteiger partial charge in [0, 0.05) is 13.1 Å². The number of morpholine rings is 1. The summed E-state index contributed by atoms with van der Waals surface area (Å²) in [6.45, 7) is 2.41. The van der Waals surface area contributed by atoms with Gasteiger partial charge in [0.1, 0.15) is 0 Å². The third kappa shape index (κ3) is 1.38. The molecule has 0 radical (unpaired) electrons. The maximum Gasteiger partial charge on any atom is 0.0875 e. The average Bonchev–Trinajstić information content (AvgIpc) is 2.55. The number of likely N-dealkylation sites (N-methyl/N-ethyl adjacent to an activating group) is 1. The van der Waals surface area contributed by atoms with Crippen molar-refractivity contribution in [3.05, 3.63) is 0 Å². The number of hydrogen-bond acceptors (Lipinski definition) is 3. The number of ether oxygens (including phenoxy) is 1. The summed E-state index contributed by atoms with van der Waals surface area (Å²) in [6, 6.07) is 1.31. The molecule has 0 saturated carbocycles. The van der Waals surface area contributed by atoms with Crippen LogP contribution in [-0.4, -0.2) is 49.3 Å². The molecule has 5 heteroatoms. The second-order valence-corrected chi connectivity index (χ2v) is 3.80. The summed E-state index contributed by atoms with van der Waals surface area (Å²) in [5, 5.41) is 3.36. The first-order valence-electron chi connectivity index (χ1n) is 4.47. The third-order valence-electron chi connectivity index (χ3n) is 3.37. The van der Waals surface area contributed by atoms with Crippen LogP contribution in [0.4, 0.5) is 0 Å². The third-order valence-corrected chi connectivity index (χ3v) is 3.37. The molecule has 0 spiro atoms. The van der Waals surface area contributed by atoms with Crippen molar-refractivity contribution >= 4 is 24.8 Å². The second kappa shape index (κ2) is 3.91. The lowest BCUT2D eigenvalue weighted by Gasteiger charge is -2.21. The van der Waals surface area contributed by atoms with Crippen LogP contribution in [0.1, 0.15) is 6.42 Å². The van der Waals surface area contributed by atoms with Crippen molar-refractivity contribution in [1.29, 1.82) is 0 Å². The van der Waals surface area contributed by atoms with Crippen molar-refractivity contribution in [2.24, 2.45) is 0 Å². The highest BCUT2D eigenvalue weighted by molar-refractivity contribution is 5.85. The first-order chi connectivity index (χ1) is 5.40. The zero-order valence-electron chi connectivity index (χ0n) is 7.60. The van der Waals surface area contributed by atoms with E-state index in [4.69, 9.17) is 4.74 Å². The Hall–Kier alpha value is 0.460. The molecule has 3 heterocycles. The first-order valence-corrected chi connectivity index (χ1v) is 4.47. The Kier molecular flexibility index (Phi) is 3.47. The molecule has 13 heavy (non-hydrogen) atoms. The van der Waals surface area contributed by atoms with Gasteiger partial charge in [-0.05, 0) is 13.5 Å². The Morgan fingerprint density at radius 1 is 1.31 bits per heavy atom. The summed E-state index contributed by atoms with van der Waals surface area (Å²) >= 11 is 0. The van der Waals surface area contributed by atoms with Crippen molar-refractivity contribution in [2.45, 2.75) is 30.7 Å². The van der Waals surface area contributed by atoms with Gasteiger partial charge < -0.3 is 10.1 Å². The smallest absolute Gasteiger partial charge is 0.0875 e. The van der Waals surface area contributed by atoms with Crippen molar-refractivity contribution in [1.82, 2.24) is 10.2 Å². The Balaban J connectivity index is 0.000000422. The molecule has 3 aliphatic rings. The lowest BCUT2D eigenvalue weighted by molar-refractivity contribution is 0.00833. The van der Waals surface area contributed by atoms with Crippen LogP contribution in [-0.2, 0) is 4.74 Å². The molecular weight excluding hydrogens is 211 g/mol. The minimum atomic E-state index is 0. The maximum absolute atomic E-state index is 5.85. The van der Waals surface area contributed by atoms with Gasteiger partial charge >= 0.3 is 0 Å². The van der Waals surface area contributed by atoms with E-state index in [-0.39, 0.29) is 24.8 Å². The van der Waals surface area contributed by atoms with Crippen LogP contribution in [0.2, 0.25) is 0 Å². The molecule has 2 bridgehead atoms. The van der Waals surface area contributed by atoms with Crippen LogP contribution in [0.15, 0.2) is 0 Å². The number of halogens is 2. The molecule has 0 amide bonds. The van der Waals surface area contributed by atoms with Crippen molar-refractivity contribution in [3.8, 4) is 0 Å². The average molecular weight is 227 g/mol. The van der Waals surface area contributed by atoms with Crippen LogP contribution < -0.4 is 5.32 Å². The van der Waals surface area contributed by atoms with Crippen LogP contribution in [0, 0.1) is 0 Å². The standard InChI is InChI=1S/C8H14N2O.2ClH/c1-9-7-6-4-10-3-2-5(11-6)8(7)10;;/h5-9H,2-4H2,1H3;2*1H/t5-,6+,7-,8+;;/m1../s1. The molecule has 3 nitrogen and oxygen atoms in total. The molecule has 1 N–H and O–H groups in total. The molecule has 0 aromatic carbocycles. The van der Waals surface area contributed by atoms with Crippen LogP contribution in [0.3, 0.4) is 0 Å². The van der Waals surface area contributed by atoms with E-state index in [1.807, 2.05) is 7.05 Å². The lowest BCUT2D eigenvalue weighted by Crippen LogP contribution is -2.40. The zero-order valence-corrected chi connectivity index (χ0v) is 9.24. The van der Waals surface area contributed by atoms with Crippen LogP contribution in [0.5, 0.6) is 0 Å². The molecule has 0 aromatic heterocycles. The summed E-state index contributed by atoms with van der Waals surface area (Å²) in [5.41, 5.74) is 0. The van der Waals surface area contributed by atoms with Gasteiger partial charge in [0.2, 0.25) is 0 Å². The number of nitrogens with zero attached hydrogens (tertiary/aromatic N) is 1. The quantitative estimate of drug-likeness (QED) is 0.696. The molecule has 3 aliphatic heterocycles. The number of rotatable bonds is 1. The van der Waals surface area contributed by atoms with Gasteiger partial charge in [-0.15, -0.1) is 24.8 Å². The van der Waals surface area contributed by atoms with E-state index in [1.165, 1.54) is 13.0 Å². The summed E-state index contributed by atoms with van der Waals surface area (Å²) < 4.78 is 5.85. The molecule has 3 rings (SSSR count). The van der Waals surface area contributed by atoms with Gasteiger partial charge in [-0.1, -0.05) is 0 Å². The Labute approximate surface area is 91.0 Å². The molecule has 4 atom stereocenters. The van der Waals surface area contributed by atoms with Crippen LogP contribution >= 0.6 is 24.8 Å². The molecule has 0 aromatic rings. The van der Waals surface area contributed by atoms with E-state index in [2.05, 4.69) is 10.2 Å². The monoisotopic (exact) mass is 226 g/mol. The van der Waals surface area contributed by atoms with E-state index < -0.39 is 0 Å². The Morgan fingerprint density at radius 2 is 2.08 bits per heavy atom. The van der Waals surface area contributed by atoms with E-state index >= 15 is 0 Å². The highest BCUT2D eigenvalue weighted by Crippen LogP contribution is 2.39. The van der Waals surface area contributed by atoms with Crippen LogP contribution in [0.25, 0.3) is 0 Å². The predicted octanol–water partition coefficient (Wildman–Crippen LogP) is 0.273. The van der Waals surface area contributed by atoms with Gasteiger partial charge in [-0.2, -0.15) is 0 Å².